The van der Waals surface area contributed by atoms with E-state index in [0.717, 1.165) is 13.0 Å². The van der Waals surface area contributed by atoms with Crippen molar-refractivity contribution in [1.82, 2.24) is 10.2 Å². The fourth-order valence-corrected chi connectivity index (χ4v) is 2.19. The molecule has 1 amide bonds. The van der Waals surface area contributed by atoms with Gasteiger partial charge in [0.2, 0.25) is 5.91 Å². The van der Waals surface area contributed by atoms with Crippen LogP contribution in [-0.4, -0.2) is 29.6 Å². The number of nitrogens with zero attached hydrogens (tertiary/aromatic N) is 1. The summed E-state index contributed by atoms with van der Waals surface area (Å²) in [7, 11) is 0. The van der Waals surface area contributed by atoms with E-state index in [4.69, 9.17) is 0 Å². The molecule has 3 heteroatoms. The Hall–Kier alpha value is -0.570. The fraction of sp³-hybridized carbons (Fsp3) is 0.923. The van der Waals surface area contributed by atoms with Crippen molar-refractivity contribution < 1.29 is 4.79 Å². The zero-order valence-corrected chi connectivity index (χ0v) is 11.5. The van der Waals surface area contributed by atoms with Crippen LogP contribution in [0.3, 0.4) is 0 Å². The maximum atomic E-state index is 12.0. The van der Waals surface area contributed by atoms with E-state index < -0.39 is 0 Å². The average Bonchev–Trinajstić information content (AvgIpc) is 2.30. The molecule has 0 aromatic carbocycles. The van der Waals surface area contributed by atoms with Gasteiger partial charge in [0.15, 0.2) is 0 Å². The predicted octanol–water partition coefficient (Wildman–Crippen LogP) is 2.22. The van der Waals surface area contributed by atoms with E-state index in [0.29, 0.717) is 5.92 Å². The minimum absolute atomic E-state index is 0.0221. The van der Waals surface area contributed by atoms with Crippen molar-refractivity contribution in [3.63, 3.8) is 0 Å². The summed E-state index contributed by atoms with van der Waals surface area (Å²) in [5.74, 6) is 0.860. The van der Waals surface area contributed by atoms with E-state index in [-0.39, 0.29) is 23.5 Å². The smallest absolute Gasteiger partial charge is 0.240 e. The zero-order chi connectivity index (χ0) is 12.5. The van der Waals surface area contributed by atoms with E-state index in [1.54, 1.807) is 0 Å². The van der Waals surface area contributed by atoms with Gasteiger partial charge in [0.25, 0.3) is 0 Å². The summed E-state index contributed by atoms with van der Waals surface area (Å²) in [6.07, 6.45) is 1.26. The van der Waals surface area contributed by atoms with Gasteiger partial charge in [-0.1, -0.05) is 34.6 Å². The molecule has 3 nitrogen and oxygen atoms in total. The predicted molar refractivity (Wildman–Crippen MR) is 67.0 cm³/mol. The van der Waals surface area contributed by atoms with Crippen molar-refractivity contribution in [2.24, 2.45) is 11.3 Å². The lowest BCUT2D eigenvalue weighted by Gasteiger charge is -2.31. The van der Waals surface area contributed by atoms with Gasteiger partial charge >= 0.3 is 0 Å². The summed E-state index contributed by atoms with van der Waals surface area (Å²) >= 11 is 0. The molecule has 2 atom stereocenters. The largest absolute Gasteiger partial charge is 0.325 e. The molecule has 1 heterocycles. The molecular formula is C13H26N2O. The van der Waals surface area contributed by atoms with Crippen molar-refractivity contribution >= 4 is 5.91 Å². The maximum Gasteiger partial charge on any atom is 0.240 e. The van der Waals surface area contributed by atoms with Crippen molar-refractivity contribution in [2.45, 2.75) is 60.2 Å². The number of carbonyl (C=O) groups is 1. The van der Waals surface area contributed by atoms with E-state index in [9.17, 15) is 4.79 Å². The van der Waals surface area contributed by atoms with Crippen LogP contribution in [0.15, 0.2) is 0 Å². The Labute approximate surface area is 99.6 Å². The number of hydrogen-bond donors (Lipinski definition) is 1. The number of amides is 1. The number of carbonyl (C=O) groups excluding carboxylic acids is 1. The molecule has 1 aliphatic heterocycles. The lowest BCUT2D eigenvalue weighted by atomic mass is 9.95. The normalized spacial score (nSPS) is 26.9. The molecule has 0 aliphatic carbocycles. The van der Waals surface area contributed by atoms with Crippen molar-refractivity contribution in [1.29, 1.82) is 0 Å². The first-order chi connectivity index (χ1) is 7.20. The van der Waals surface area contributed by atoms with Gasteiger partial charge in [-0.3, -0.25) is 10.1 Å². The summed E-state index contributed by atoms with van der Waals surface area (Å²) in [4.78, 5) is 14.1. The van der Waals surface area contributed by atoms with Gasteiger partial charge in [-0.25, -0.2) is 0 Å². The average molecular weight is 226 g/mol. The Morgan fingerprint density at radius 2 is 1.94 bits per heavy atom. The van der Waals surface area contributed by atoms with Crippen LogP contribution in [0.2, 0.25) is 0 Å². The van der Waals surface area contributed by atoms with Crippen LogP contribution in [0, 0.1) is 11.3 Å². The van der Waals surface area contributed by atoms with Gasteiger partial charge in [0.1, 0.15) is 0 Å². The van der Waals surface area contributed by atoms with E-state index >= 15 is 0 Å². The Morgan fingerprint density at radius 1 is 1.38 bits per heavy atom. The first-order valence-electron chi connectivity index (χ1n) is 6.27. The third-order valence-electron chi connectivity index (χ3n) is 2.81. The highest BCUT2D eigenvalue weighted by molar-refractivity contribution is 5.83. The summed E-state index contributed by atoms with van der Waals surface area (Å²) in [5, 5.41) is 3.38. The van der Waals surface area contributed by atoms with E-state index in [1.807, 2.05) is 11.8 Å². The molecule has 0 spiro atoms. The van der Waals surface area contributed by atoms with Crippen LogP contribution in [-0.2, 0) is 4.79 Å². The van der Waals surface area contributed by atoms with Crippen LogP contribution in [0.4, 0.5) is 0 Å². The second-order valence-electron chi connectivity index (χ2n) is 6.56. The summed E-state index contributed by atoms with van der Waals surface area (Å²) in [6.45, 7) is 13.7. The monoisotopic (exact) mass is 226 g/mol. The number of nitrogens with one attached hydrogen (secondary N) is 1. The Bertz CT molecular complexity index is 255. The number of hydrogen-bond acceptors (Lipinski definition) is 2. The lowest BCUT2D eigenvalue weighted by Crippen LogP contribution is -2.42. The topological polar surface area (TPSA) is 32.3 Å². The molecule has 1 fully saturated rings. The second kappa shape index (κ2) is 4.74. The lowest BCUT2D eigenvalue weighted by molar-refractivity contribution is -0.131. The van der Waals surface area contributed by atoms with Gasteiger partial charge in [-0.05, 0) is 24.7 Å². The first-order valence-corrected chi connectivity index (χ1v) is 6.27. The molecular weight excluding hydrogens is 200 g/mol. The standard InChI is InChI=1S/C13H26N2O/c1-9(2)7-11-14-10(3)12(16)15(11)8-13(4,5)6/h9-11,14H,7-8H2,1-6H3. The van der Waals surface area contributed by atoms with Gasteiger partial charge in [-0.15, -0.1) is 0 Å². The molecule has 0 radical (unpaired) electrons. The van der Waals surface area contributed by atoms with Crippen LogP contribution < -0.4 is 5.32 Å². The molecule has 1 N–H and O–H groups in total. The van der Waals surface area contributed by atoms with Gasteiger partial charge in [0.05, 0.1) is 12.2 Å². The summed E-state index contributed by atoms with van der Waals surface area (Å²) < 4.78 is 0. The second-order valence-corrected chi connectivity index (χ2v) is 6.56. The molecule has 0 aromatic rings. The Morgan fingerprint density at radius 3 is 2.38 bits per heavy atom. The van der Waals surface area contributed by atoms with Gasteiger partial charge < -0.3 is 4.90 Å². The van der Waals surface area contributed by atoms with Crippen LogP contribution in [0.5, 0.6) is 0 Å². The molecule has 0 bridgehead atoms. The van der Waals surface area contributed by atoms with Crippen molar-refractivity contribution in [2.75, 3.05) is 6.54 Å². The molecule has 0 saturated carbocycles. The third kappa shape index (κ3) is 3.48. The van der Waals surface area contributed by atoms with Gasteiger partial charge in [0, 0.05) is 6.54 Å². The maximum absolute atomic E-state index is 12.0. The molecule has 16 heavy (non-hydrogen) atoms. The third-order valence-corrected chi connectivity index (χ3v) is 2.81. The minimum atomic E-state index is -0.0221. The highest BCUT2D eigenvalue weighted by Gasteiger charge is 2.37. The van der Waals surface area contributed by atoms with E-state index in [2.05, 4.69) is 39.9 Å². The summed E-state index contributed by atoms with van der Waals surface area (Å²) in [5.41, 5.74) is 0.163. The molecule has 94 valence electrons. The highest BCUT2D eigenvalue weighted by Crippen LogP contribution is 2.23. The Balaban J connectivity index is 2.71. The highest BCUT2D eigenvalue weighted by atomic mass is 16.2. The van der Waals surface area contributed by atoms with Crippen LogP contribution in [0.25, 0.3) is 0 Å². The summed E-state index contributed by atoms with van der Waals surface area (Å²) in [6, 6.07) is -0.0221. The van der Waals surface area contributed by atoms with Crippen molar-refractivity contribution in [3.05, 3.63) is 0 Å². The molecule has 0 aromatic heterocycles. The fourth-order valence-electron chi connectivity index (χ4n) is 2.19. The minimum Gasteiger partial charge on any atom is -0.325 e. The number of rotatable bonds is 3. The Kier molecular flexibility index (Phi) is 4.00. The molecule has 1 saturated heterocycles. The molecule has 1 aliphatic rings. The molecule has 2 unspecified atom stereocenters. The van der Waals surface area contributed by atoms with Crippen LogP contribution >= 0.6 is 0 Å². The van der Waals surface area contributed by atoms with Crippen molar-refractivity contribution in [3.8, 4) is 0 Å². The van der Waals surface area contributed by atoms with Gasteiger partial charge in [-0.2, -0.15) is 0 Å². The SMILES string of the molecule is CC(C)CC1NC(C)C(=O)N1CC(C)(C)C. The zero-order valence-electron chi connectivity index (χ0n) is 11.5. The first kappa shape index (κ1) is 13.5. The van der Waals surface area contributed by atoms with Crippen LogP contribution in [0.1, 0.15) is 48.0 Å². The van der Waals surface area contributed by atoms with E-state index in [1.165, 1.54) is 0 Å². The molecule has 1 rings (SSSR count). The quantitative estimate of drug-likeness (QED) is 0.800.